The van der Waals surface area contributed by atoms with Crippen molar-refractivity contribution in [1.82, 2.24) is 0 Å². The van der Waals surface area contributed by atoms with Crippen LogP contribution in [0.5, 0.6) is 0 Å². The first-order valence-electron chi connectivity index (χ1n) is 9.36. The van der Waals surface area contributed by atoms with Crippen LogP contribution < -0.4 is 0 Å². The van der Waals surface area contributed by atoms with Gasteiger partial charge in [-0.3, -0.25) is 9.59 Å². The molecule has 0 heterocycles. The van der Waals surface area contributed by atoms with E-state index in [2.05, 4.69) is 4.74 Å². The Labute approximate surface area is 168 Å². The molecule has 1 rings (SSSR count). The highest BCUT2D eigenvalue weighted by Crippen LogP contribution is 2.48. The predicted octanol–water partition coefficient (Wildman–Crippen LogP) is 5.24. The second-order valence-corrected chi connectivity index (χ2v) is 7.75. The van der Waals surface area contributed by atoms with Gasteiger partial charge in [-0.15, -0.1) is 0 Å². The van der Waals surface area contributed by atoms with E-state index in [-0.39, 0.29) is 18.9 Å². The molecule has 0 bridgehead atoms. The van der Waals surface area contributed by atoms with Crippen molar-refractivity contribution in [3.63, 3.8) is 0 Å². The van der Waals surface area contributed by atoms with Gasteiger partial charge >= 0.3 is 36.1 Å². The summed E-state index contributed by atoms with van der Waals surface area (Å²) in [5.41, 5.74) is 0. The molecule has 0 aromatic carbocycles. The number of rotatable bonds is 10. The molecule has 0 saturated heterocycles. The van der Waals surface area contributed by atoms with Gasteiger partial charge in [0, 0.05) is 12.8 Å². The lowest BCUT2D eigenvalue weighted by Gasteiger charge is -2.31. The Hall–Kier alpha value is -1.62. The number of hydrogen-bond acceptors (Lipinski definition) is 4. The molecule has 1 saturated carbocycles. The molecule has 0 spiro atoms. The molecule has 2 unspecified atom stereocenters. The quantitative estimate of drug-likeness (QED) is 0.333. The van der Waals surface area contributed by atoms with Gasteiger partial charge < -0.3 is 9.47 Å². The van der Waals surface area contributed by atoms with Crippen molar-refractivity contribution in [2.24, 2.45) is 11.8 Å². The summed E-state index contributed by atoms with van der Waals surface area (Å²) in [4.78, 5) is 23.2. The number of ether oxygens (including phenoxy) is 2. The summed E-state index contributed by atoms with van der Waals surface area (Å²) in [6.07, 6.45) is -4.09. The van der Waals surface area contributed by atoms with E-state index < -0.39 is 49.2 Å². The van der Waals surface area contributed by atoms with Crippen molar-refractivity contribution in [1.29, 1.82) is 0 Å². The summed E-state index contributed by atoms with van der Waals surface area (Å²) < 4.78 is 111. The van der Waals surface area contributed by atoms with Crippen LogP contribution in [-0.2, 0) is 19.1 Å². The summed E-state index contributed by atoms with van der Waals surface area (Å²) in [5.74, 6) is -19.8. The van der Waals surface area contributed by atoms with Gasteiger partial charge in [-0.2, -0.15) is 26.3 Å². The molecule has 12 heteroatoms. The van der Waals surface area contributed by atoms with Crippen LogP contribution in [0.4, 0.5) is 35.1 Å². The number of halogens is 8. The normalized spacial score (nSPS) is 23.4. The van der Waals surface area contributed by atoms with Crippen LogP contribution in [0, 0.1) is 11.8 Å². The van der Waals surface area contributed by atoms with Gasteiger partial charge in [-0.05, 0) is 37.5 Å². The summed E-state index contributed by atoms with van der Waals surface area (Å²) >= 11 is 0. The molecule has 1 fully saturated rings. The highest BCUT2D eigenvalue weighted by atomic mass is 19.4. The molecule has 0 radical (unpaired) electrons. The molecule has 1 aliphatic carbocycles. The number of carbonyl (C=O) groups is 2. The fraction of sp³-hybridized carbons (Fsp3) is 0.889. The van der Waals surface area contributed by atoms with Gasteiger partial charge in [0.2, 0.25) is 0 Å². The molecule has 0 N–H and O–H groups in total. The Morgan fingerprint density at radius 1 is 0.900 bits per heavy atom. The first-order chi connectivity index (χ1) is 13.6. The largest absolute Gasteiger partial charge is 0.462 e. The lowest BCUT2D eigenvalue weighted by atomic mass is 9.82. The highest BCUT2D eigenvalue weighted by Gasteiger charge is 2.75. The van der Waals surface area contributed by atoms with Gasteiger partial charge in [0.15, 0.2) is 6.61 Å². The second-order valence-electron chi connectivity index (χ2n) is 7.75. The van der Waals surface area contributed by atoms with Crippen LogP contribution in [0.15, 0.2) is 0 Å². The molecule has 0 aliphatic heterocycles. The van der Waals surface area contributed by atoms with Crippen molar-refractivity contribution >= 4 is 11.9 Å². The summed E-state index contributed by atoms with van der Waals surface area (Å²) in [5, 5.41) is 0. The SMILES string of the molecule is CC1CC(C)CC(OC(=O)CCCC(=O)OCC(F)(F)C(F)(F)C(F)(F)C(F)F)C1. The molecule has 176 valence electrons. The monoisotopic (exact) mass is 456 g/mol. The van der Waals surface area contributed by atoms with Crippen molar-refractivity contribution in [3.8, 4) is 0 Å². The van der Waals surface area contributed by atoms with E-state index >= 15 is 0 Å². The van der Waals surface area contributed by atoms with E-state index in [4.69, 9.17) is 4.74 Å². The number of hydrogen-bond donors (Lipinski definition) is 0. The zero-order valence-corrected chi connectivity index (χ0v) is 16.4. The minimum absolute atomic E-state index is 0.218. The van der Waals surface area contributed by atoms with Crippen molar-refractivity contribution in [2.45, 2.75) is 82.7 Å². The van der Waals surface area contributed by atoms with Gasteiger partial charge in [0.05, 0.1) is 0 Å². The van der Waals surface area contributed by atoms with E-state index in [0.717, 1.165) is 6.42 Å². The molecule has 2 atom stereocenters. The molecule has 0 aromatic heterocycles. The van der Waals surface area contributed by atoms with Crippen LogP contribution in [0.1, 0.15) is 52.4 Å². The molecule has 0 aromatic rings. The topological polar surface area (TPSA) is 52.6 Å². The van der Waals surface area contributed by atoms with Crippen LogP contribution in [-0.4, -0.2) is 48.8 Å². The first-order valence-corrected chi connectivity index (χ1v) is 9.36. The van der Waals surface area contributed by atoms with E-state index in [0.29, 0.717) is 24.7 Å². The number of carbonyl (C=O) groups excluding carboxylic acids is 2. The van der Waals surface area contributed by atoms with Crippen LogP contribution in [0.3, 0.4) is 0 Å². The molecule has 4 nitrogen and oxygen atoms in total. The maximum absolute atomic E-state index is 13.3. The molecule has 0 amide bonds. The number of alkyl halides is 8. The highest BCUT2D eigenvalue weighted by molar-refractivity contribution is 5.72. The van der Waals surface area contributed by atoms with Crippen molar-refractivity contribution in [3.05, 3.63) is 0 Å². The average Bonchev–Trinajstić information content (AvgIpc) is 2.58. The summed E-state index contributed by atoms with van der Waals surface area (Å²) in [6, 6.07) is 0. The fourth-order valence-electron chi connectivity index (χ4n) is 3.31. The maximum atomic E-state index is 13.3. The fourth-order valence-corrected chi connectivity index (χ4v) is 3.31. The summed E-state index contributed by atoms with van der Waals surface area (Å²) in [7, 11) is 0. The molecular weight excluding hydrogens is 432 g/mol. The van der Waals surface area contributed by atoms with E-state index in [1.165, 1.54) is 0 Å². The van der Waals surface area contributed by atoms with E-state index in [9.17, 15) is 44.7 Å². The van der Waals surface area contributed by atoms with Gasteiger partial charge in [-0.25, -0.2) is 8.78 Å². The Kier molecular flexibility index (Phi) is 8.92. The smallest absolute Gasteiger partial charge is 0.381 e. The lowest BCUT2D eigenvalue weighted by molar-refractivity contribution is -0.344. The Morgan fingerprint density at radius 2 is 1.40 bits per heavy atom. The third-order valence-electron chi connectivity index (χ3n) is 4.76. The standard InChI is InChI=1S/C18H24F8O4/c1-10-6-11(2)8-12(7-10)30-14(28)5-3-4-13(27)29-9-16(21,22)18(25,26)17(23,24)15(19)20/h10-12,15H,3-9H2,1-2H3. The van der Waals surface area contributed by atoms with E-state index in [1.54, 1.807) is 0 Å². The van der Waals surface area contributed by atoms with E-state index in [1.807, 2.05) is 13.8 Å². The van der Waals surface area contributed by atoms with Crippen molar-refractivity contribution < 1.29 is 54.2 Å². The summed E-state index contributed by atoms with van der Waals surface area (Å²) in [6.45, 7) is 1.52. The van der Waals surface area contributed by atoms with Gasteiger partial charge in [-0.1, -0.05) is 13.8 Å². The first kappa shape index (κ1) is 26.4. The predicted molar refractivity (Wildman–Crippen MR) is 87.7 cm³/mol. The Balaban J connectivity index is 2.41. The zero-order chi connectivity index (χ0) is 23.3. The van der Waals surface area contributed by atoms with Crippen LogP contribution >= 0.6 is 0 Å². The molecule has 30 heavy (non-hydrogen) atoms. The lowest BCUT2D eigenvalue weighted by Crippen LogP contribution is -2.59. The third kappa shape index (κ3) is 6.69. The second kappa shape index (κ2) is 10.1. The molecular formula is C18H24F8O4. The minimum atomic E-state index is -6.44. The van der Waals surface area contributed by atoms with Crippen LogP contribution in [0.25, 0.3) is 0 Å². The zero-order valence-electron chi connectivity index (χ0n) is 16.4. The van der Waals surface area contributed by atoms with Gasteiger partial charge in [0.25, 0.3) is 0 Å². The van der Waals surface area contributed by atoms with Crippen molar-refractivity contribution in [2.75, 3.05) is 6.61 Å². The maximum Gasteiger partial charge on any atom is 0.381 e. The number of esters is 2. The average molecular weight is 456 g/mol. The Bertz CT molecular complexity index is 587. The Morgan fingerprint density at radius 3 is 1.90 bits per heavy atom. The minimum Gasteiger partial charge on any atom is -0.462 e. The molecule has 1 aliphatic rings. The van der Waals surface area contributed by atoms with Crippen LogP contribution in [0.2, 0.25) is 0 Å². The third-order valence-corrected chi connectivity index (χ3v) is 4.76. The van der Waals surface area contributed by atoms with Gasteiger partial charge in [0.1, 0.15) is 6.10 Å².